The summed E-state index contributed by atoms with van der Waals surface area (Å²) in [7, 11) is 1.37. The van der Waals surface area contributed by atoms with Crippen molar-refractivity contribution in [3.05, 3.63) is 81.4 Å². The van der Waals surface area contributed by atoms with E-state index in [1.165, 1.54) is 29.8 Å². The molecule has 7 nitrogen and oxygen atoms in total. The van der Waals surface area contributed by atoms with Crippen molar-refractivity contribution in [3.63, 3.8) is 0 Å². The lowest BCUT2D eigenvalue weighted by Crippen LogP contribution is -2.25. The molecular weight excluding hydrogens is 496 g/mol. The van der Waals surface area contributed by atoms with Crippen molar-refractivity contribution in [2.24, 2.45) is 0 Å². The second-order valence-corrected chi connectivity index (χ2v) is 10.0. The van der Waals surface area contributed by atoms with Crippen LogP contribution in [0.3, 0.4) is 0 Å². The van der Waals surface area contributed by atoms with Gasteiger partial charge in [0.15, 0.2) is 5.78 Å². The number of ether oxygens (including phenoxy) is 2. The van der Waals surface area contributed by atoms with Crippen molar-refractivity contribution in [1.82, 2.24) is 9.97 Å². The van der Waals surface area contributed by atoms with Gasteiger partial charge in [-0.15, -0.1) is 22.7 Å². The number of carbonyl (C=O) groups is 3. The lowest BCUT2D eigenvalue weighted by molar-refractivity contribution is -0.153. The lowest BCUT2D eigenvalue weighted by atomic mass is 10.0. The Kier molecular flexibility index (Phi) is 9.21. The number of thiazole rings is 2. The summed E-state index contributed by atoms with van der Waals surface area (Å²) in [5, 5.41) is 3.86. The van der Waals surface area contributed by atoms with Gasteiger partial charge in [-0.1, -0.05) is 30.3 Å². The van der Waals surface area contributed by atoms with Crippen molar-refractivity contribution < 1.29 is 23.9 Å². The molecule has 0 spiro atoms. The second-order valence-electron chi connectivity index (χ2n) is 8.59. The molecule has 186 valence electrons. The number of hydrogen-bond acceptors (Lipinski definition) is 9. The number of nitrogens with zero attached hydrogens (tertiary/aromatic N) is 2. The maximum Gasteiger partial charge on any atom is 0.337 e. The highest BCUT2D eigenvalue weighted by atomic mass is 32.1. The van der Waals surface area contributed by atoms with E-state index in [-0.39, 0.29) is 18.2 Å². The topological polar surface area (TPSA) is 95.5 Å². The molecule has 4 rings (SSSR count). The van der Waals surface area contributed by atoms with Crippen LogP contribution in [0.25, 0.3) is 22.5 Å². The summed E-state index contributed by atoms with van der Waals surface area (Å²) in [5.41, 5.74) is 7.46. The van der Waals surface area contributed by atoms with Crippen LogP contribution in [0.2, 0.25) is 0 Å². The van der Waals surface area contributed by atoms with Crippen molar-refractivity contribution >= 4 is 40.4 Å². The van der Waals surface area contributed by atoms with Crippen LogP contribution >= 0.6 is 22.7 Å². The number of carbonyl (C=O) groups excluding carboxylic acids is 3. The Hall–Kier alpha value is -3.69. The van der Waals surface area contributed by atoms with E-state index < -0.39 is 11.6 Å². The molecule has 0 saturated heterocycles. The Bertz CT molecular complexity index is 1310. The highest BCUT2D eigenvalue weighted by Gasteiger charge is 2.20. The van der Waals surface area contributed by atoms with Crippen LogP contribution in [0.4, 0.5) is 0 Å². The molecule has 0 aliphatic heterocycles. The molecule has 2 aromatic carbocycles. The predicted octanol–water partition coefficient (Wildman–Crippen LogP) is 6.32. The van der Waals surface area contributed by atoms with Crippen molar-refractivity contribution in [1.29, 1.82) is 0 Å². The predicted molar refractivity (Wildman–Crippen MR) is 141 cm³/mol. The van der Waals surface area contributed by atoms with Crippen molar-refractivity contribution in [2.75, 3.05) is 7.11 Å². The molecule has 0 aliphatic rings. The number of hydrogen-bond donors (Lipinski definition) is 0. The van der Waals surface area contributed by atoms with Crippen LogP contribution in [0.1, 0.15) is 47.9 Å². The van der Waals surface area contributed by atoms with E-state index in [2.05, 4.69) is 14.7 Å². The minimum Gasteiger partial charge on any atom is -0.465 e. The van der Waals surface area contributed by atoms with Gasteiger partial charge in [0, 0.05) is 27.5 Å². The average Bonchev–Trinajstić information content (AvgIpc) is 3.58. The van der Waals surface area contributed by atoms with E-state index in [0.29, 0.717) is 11.1 Å². The van der Waals surface area contributed by atoms with E-state index >= 15 is 0 Å². The Morgan fingerprint density at radius 3 is 1.83 bits per heavy atom. The van der Waals surface area contributed by atoms with Crippen molar-refractivity contribution in [2.45, 2.75) is 32.8 Å². The van der Waals surface area contributed by atoms with Gasteiger partial charge < -0.3 is 9.47 Å². The normalized spacial score (nSPS) is 10.7. The van der Waals surface area contributed by atoms with Gasteiger partial charge in [-0.05, 0) is 39.0 Å². The van der Waals surface area contributed by atoms with Gasteiger partial charge in [0.2, 0.25) is 0 Å². The first-order valence-electron chi connectivity index (χ1n) is 11.0. The van der Waals surface area contributed by atoms with Gasteiger partial charge in [-0.2, -0.15) is 0 Å². The molecule has 0 radical (unpaired) electrons. The van der Waals surface area contributed by atoms with E-state index in [4.69, 9.17) is 4.74 Å². The Morgan fingerprint density at radius 1 is 0.833 bits per heavy atom. The summed E-state index contributed by atoms with van der Waals surface area (Å²) in [6.45, 7) is 5.33. The first kappa shape index (κ1) is 26.9. The average molecular weight is 523 g/mol. The molecule has 4 aromatic rings. The fraction of sp³-hybridized carbons (Fsp3) is 0.222. The monoisotopic (exact) mass is 522 g/mol. The maximum atomic E-state index is 12.1. The molecule has 0 unspecified atom stereocenters. The first-order valence-corrected chi connectivity index (χ1v) is 12.9. The fourth-order valence-electron chi connectivity index (χ4n) is 3.10. The lowest BCUT2D eigenvalue weighted by Gasteiger charge is -2.19. The first-order chi connectivity index (χ1) is 17.2. The van der Waals surface area contributed by atoms with Gasteiger partial charge in [-0.3, -0.25) is 9.59 Å². The van der Waals surface area contributed by atoms with E-state index in [0.717, 1.165) is 22.5 Å². The molecule has 0 atom stereocenters. The van der Waals surface area contributed by atoms with Gasteiger partial charge in [0.1, 0.15) is 12.0 Å². The number of esters is 2. The number of rotatable bonds is 6. The smallest absolute Gasteiger partial charge is 0.337 e. The molecule has 0 amide bonds. The third kappa shape index (κ3) is 7.93. The SMILES string of the molecule is CC(C)(C)OC(=O)CC(=O)c1cccc(-c2cscn2)c1.COC(=O)c1cccc(-c2cscn2)c1. The zero-order valence-electron chi connectivity index (χ0n) is 20.4. The number of benzene rings is 2. The molecular formula is C27H26N2O5S2. The van der Waals surface area contributed by atoms with Crippen LogP contribution in [0.5, 0.6) is 0 Å². The molecule has 0 fully saturated rings. The zero-order chi connectivity index (χ0) is 26.1. The summed E-state index contributed by atoms with van der Waals surface area (Å²) >= 11 is 3.02. The third-order valence-corrected chi connectivity index (χ3v) is 5.82. The molecule has 36 heavy (non-hydrogen) atoms. The zero-order valence-corrected chi connectivity index (χ0v) is 22.0. The van der Waals surface area contributed by atoms with Gasteiger partial charge in [0.05, 0.1) is 35.1 Å². The van der Waals surface area contributed by atoms with Crippen molar-refractivity contribution in [3.8, 4) is 22.5 Å². The van der Waals surface area contributed by atoms with E-state index in [9.17, 15) is 14.4 Å². The van der Waals surface area contributed by atoms with Crippen LogP contribution in [0, 0.1) is 0 Å². The van der Waals surface area contributed by atoms with E-state index in [1.54, 1.807) is 62.1 Å². The number of ketones is 1. The Labute approximate surface area is 217 Å². The summed E-state index contributed by atoms with van der Waals surface area (Å²) in [5.74, 6) is -1.08. The summed E-state index contributed by atoms with van der Waals surface area (Å²) in [6, 6.07) is 14.4. The van der Waals surface area contributed by atoms with Gasteiger partial charge in [-0.25, -0.2) is 14.8 Å². The quantitative estimate of drug-likeness (QED) is 0.166. The third-order valence-electron chi connectivity index (χ3n) is 4.65. The van der Waals surface area contributed by atoms with Gasteiger partial charge >= 0.3 is 11.9 Å². The van der Waals surface area contributed by atoms with Crippen LogP contribution in [-0.4, -0.2) is 40.4 Å². The Morgan fingerprint density at radius 2 is 1.36 bits per heavy atom. The standard InChI is InChI=1S/C16H17NO3S.C11H9NO2S/c1-16(2,3)20-15(19)8-14(18)12-6-4-5-11(7-12)13-9-21-10-17-13;1-14-11(13)9-4-2-3-8(5-9)10-6-15-7-12-10/h4-7,9-10H,8H2,1-3H3;2-7H,1H3. The maximum absolute atomic E-state index is 12.1. The molecule has 0 N–H and O–H groups in total. The number of Topliss-reactive ketones (excluding diaryl/α,β-unsaturated/α-hetero) is 1. The minimum atomic E-state index is -0.584. The molecule has 0 saturated carbocycles. The fourth-order valence-corrected chi connectivity index (χ4v) is 4.22. The number of aromatic nitrogens is 2. The number of methoxy groups -OCH3 is 1. The Balaban J connectivity index is 0.000000212. The second kappa shape index (κ2) is 12.3. The molecule has 2 aromatic heterocycles. The molecule has 9 heteroatoms. The van der Waals surface area contributed by atoms with E-state index in [1.807, 2.05) is 29.0 Å². The summed E-state index contributed by atoms with van der Waals surface area (Å²) in [4.78, 5) is 43.5. The summed E-state index contributed by atoms with van der Waals surface area (Å²) < 4.78 is 9.81. The minimum absolute atomic E-state index is 0.249. The van der Waals surface area contributed by atoms with Crippen LogP contribution < -0.4 is 0 Å². The molecule has 0 bridgehead atoms. The molecule has 2 heterocycles. The van der Waals surface area contributed by atoms with Gasteiger partial charge in [0.25, 0.3) is 0 Å². The van der Waals surface area contributed by atoms with Crippen LogP contribution in [-0.2, 0) is 14.3 Å². The largest absolute Gasteiger partial charge is 0.465 e. The summed E-state index contributed by atoms with van der Waals surface area (Å²) in [6.07, 6.45) is -0.252. The highest BCUT2D eigenvalue weighted by molar-refractivity contribution is 7.08. The highest BCUT2D eigenvalue weighted by Crippen LogP contribution is 2.22. The molecule has 0 aliphatic carbocycles. The van der Waals surface area contributed by atoms with Crippen LogP contribution in [0.15, 0.2) is 70.3 Å².